The van der Waals surface area contributed by atoms with Crippen molar-refractivity contribution in [3.8, 4) is 5.75 Å². The maximum absolute atomic E-state index is 12.9. The van der Waals surface area contributed by atoms with Crippen molar-refractivity contribution in [3.63, 3.8) is 0 Å². The highest BCUT2D eigenvalue weighted by Crippen LogP contribution is 2.36. The topological polar surface area (TPSA) is 37.7 Å². The van der Waals surface area contributed by atoms with Gasteiger partial charge in [-0.15, -0.1) is 13.2 Å². The van der Waals surface area contributed by atoms with Gasteiger partial charge in [0.05, 0.1) is 0 Å². The molecule has 30 heavy (non-hydrogen) atoms. The Kier molecular flexibility index (Phi) is 5.63. The van der Waals surface area contributed by atoms with Crippen LogP contribution in [-0.2, 0) is 19.6 Å². The van der Waals surface area contributed by atoms with Crippen LogP contribution in [0.15, 0.2) is 41.2 Å². The largest absolute Gasteiger partial charge is 0.573 e. The number of hydrogen-bond acceptors (Lipinski definition) is 4. The number of pyridine rings is 1. The molecule has 1 aromatic carbocycles. The summed E-state index contributed by atoms with van der Waals surface area (Å²) in [7, 11) is 3.91. The van der Waals surface area contributed by atoms with Crippen molar-refractivity contribution in [1.82, 2.24) is 14.4 Å². The molecule has 1 aromatic heterocycles. The van der Waals surface area contributed by atoms with Crippen LogP contribution < -0.4 is 10.3 Å². The number of fused-ring (bicyclic) bond motifs is 4. The van der Waals surface area contributed by atoms with E-state index in [4.69, 9.17) is 0 Å². The summed E-state index contributed by atoms with van der Waals surface area (Å²) in [5.74, 6) is 0.492. The zero-order valence-corrected chi connectivity index (χ0v) is 17.2. The van der Waals surface area contributed by atoms with Crippen LogP contribution in [0.1, 0.15) is 29.2 Å². The minimum absolute atomic E-state index is 0.115. The summed E-state index contributed by atoms with van der Waals surface area (Å²) in [5.41, 5.74) is 2.98. The van der Waals surface area contributed by atoms with E-state index in [1.807, 2.05) is 29.6 Å². The van der Waals surface area contributed by atoms with Gasteiger partial charge in [-0.05, 0) is 50.2 Å². The minimum Gasteiger partial charge on any atom is -0.406 e. The maximum Gasteiger partial charge on any atom is 0.573 e. The molecule has 0 unspecified atom stereocenters. The van der Waals surface area contributed by atoms with E-state index < -0.39 is 6.36 Å². The Morgan fingerprint density at radius 1 is 1.07 bits per heavy atom. The standard InChI is InChI=1S/C22H26F3N3O2/c1-26(2)13-17-5-8-20-18-9-16(12-28(20)21(17)29)11-27(14-18)10-15-3-6-19(7-4-15)30-22(23,24)25/h3-8,16,18H,9-14H2,1-2H3/t16-,18+/m0/s1. The van der Waals surface area contributed by atoms with Crippen LogP contribution in [0.3, 0.4) is 0 Å². The van der Waals surface area contributed by atoms with E-state index in [0.29, 0.717) is 24.9 Å². The van der Waals surface area contributed by atoms with Gasteiger partial charge < -0.3 is 14.2 Å². The lowest BCUT2D eigenvalue weighted by molar-refractivity contribution is -0.274. The molecule has 0 aliphatic carbocycles. The average Bonchev–Trinajstić information content (AvgIpc) is 2.64. The molecular weight excluding hydrogens is 395 g/mol. The van der Waals surface area contributed by atoms with Crippen molar-refractivity contribution < 1.29 is 17.9 Å². The van der Waals surface area contributed by atoms with Crippen LogP contribution in [-0.4, -0.2) is 47.9 Å². The Bertz CT molecular complexity index is 954. The molecule has 8 heteroatoms. The molecule has 0 N–H and O–H groups in total. The van der Waals surface area contributed by atoms with Crippen molar-refractivity contribution in [2.24, 2.45) is 5.92 Å². The summed E-state index contributed by atoms with van der Waals surface area (Å²) in [6.07, 6.45) is -3.61. The van der Waals surface area contributed by atoms with E-state index >= 15 is 0 Å². The lowest BCUT2D eigenvalue weighted by atomic mass is 9.83. The van der Waals surface area contributed by atoms with E-state index in [1.54, 1.807) is 12.1 Å². The SMILES string of the molecule is CN(C)Cc1ccc2n(c1=O)C[C@H]1C[C@@H]2CN(Cc2ccc(OC(F)(F)F)cc2)C1. The molecule has 2 bridgehead atoms. The third kappa shape index (κ3) is 4.70. The number of benzene rings is 1. The molecule has 1 saturated heterocycles. The van der Waals surface area contributed by atoms with E-state index in [9.17, 15) is 18.0 Å². The Labute approximate surface area is 173 Å². The molecule has 162 valence electrons. The van der Waals surface area contributed by atoms with Crippen molar-refractivity contribution in [2.75, 3.05) is 27.2 Å². The predicted molar refractivity (Wildman–Crippen MR) is 107 cm³/mol. The minimum atomic E-state index is -4.68. The van der Waals surface area contributed by atoms with Crippen LogP contribution in [0.5, 0.6) is 5.75 Å². The molecule has 1 fully saturated rings. The highest BCUT2D eigenvalue weighted by atomic mass is 19.4. The molecule has 0 spiro atoms. The molecule has 0 radical (unpaired) electrons. The second-order valence-corrected chi connectivity index (χ2v) is 8.62. The number of alkyl halides is 3. The van der Waals surface area contributed by atoms with Crippen LogP contribution in [0.4, 0.5) is 13.2 Å². The molecular formula is C22H26F3N3O2. The lowest BCUT2D eigenvalue weighted by Gasteiger charge is -2.43. The predicted octanol–water partition coefficient (Wildman–Crippen LogP) is 3.43. The van der Waals surface area contributed by atoms with Gasteiger partial charge in [0.15, 0.2) is 0 Å². The van der Waals surface area contributed by atoms with E-state index in [1.165, 1.54) is 12.1 Å². The molecule has 3 heterocycles. The van der Waals surface area contributed by atoms with Gasteiger partial charge in [0.2, 0.25) is 0 Å². The van der Waals surface area contributed by atoms with Gasteiger partial charge in [0, 0.05) is 49.9 Å². The van der Waals surface area contributed by atoms with Gasteiger partial charge in [0.25, 0.3) is 5.56 Å². The van der Waals surface area contributed by atoms with Crippen molar-refractivity contribution in [3.05, 3.63) is 63.6 Å². The zero-order chi connectivity index (χ0) is 21.5. The number of ether oxygens (including phenoxy) is 1. The number of likely N-dealkylation sites (tertiary alicyclic amines) is 1. The number of rotatable bonds is 5. The summed E-state index contributed by atoms with van der Waals surface area (Å²) < 4.78 is 42.9. The van der Waals surface area contributed by atoms with Gasteiger partial charge in [-0.25, -0.2) is 0 Å². The second-order valence-electron chi connectivity index (χ2n) is 8.62. The summed E-state index contributed by atoms with van der Waals surface area (Å²) in [4.78, 5) is 17.2. The molecule has 4 rings (SSSR count). The maximum atomic E-state index is 12.9. The van der Waals surface area contributed by atoms with Gasteiger partial charge in [-0.3, -0.25) is 9.69 Å². The molecule has 0 amide bonds. The van der Waals surface area contributed by atoms with Crippen LogP contribution in [0.25, 0.3) is 0 Å². The van der Waals surface area contributed by atoms with Gasteiger partial charge >= 0.3 is 6.36 Å². The van der Waals surface area contributed by atoms with Crippen LogP contribution >= 0.6 is 0 Å². The van der Waals surface area contributed by atoms with Gasteiger partial charge in [-0.2, -0.15) is 0 Å². The van der Waals surface area contributed by atoms with Crippen LogP contribution in [0.2, 0.25) is 0 Å². The third-order valence-electron chi connectivity index (χ3n) is 5.81. The smallest absolute Gasteiger partial charge is 0.406 e. The number of hydrogen-bond donors (Lipinski definition) is 0. The fraction of sp³-hybridized carbons (Fsp3) is 0.500. The van der Waals surface area contributed by atoms with Crippen molar-refractivity contribution >= 4 is 0 Å². The van der Waals surface area contributed by atoms with Gasteiger partial charge in [0.1, 0.15) is 5.75 Å². The first-order valence-corrected chi connectivity index (χ1v) is 10.1. The molecule has 0 saturated carbocycles. The van der Waals surface area contributed by atoms with Crippen molar-refractivity contribution in [1.29, 1.82) is 0 Å². The Balaban J connectivity index is 1.46. The molecule has 5 nitrogen and oxygen atoms in total. The highest BCUT2D eigenvalue weighted by molar-refractivity contribution is 5.28. The van der Waals surface area contributed by atoms with Crippen LogP contribution in [0, 0.1) is 5.92 Å². The summed E-state index contributed by atoms with van der Waals surface area (Å²) in [6, 6.07) is 10.1. The Hall–Kier alpha value is -2.32. The summed E-state index contributed by atoms with van der Waals surface area (Å²) in [5, 5.41) is 0. The Morgan fingerprint density at radius 3 is 2.47 bits per heavy atom. The number of piperidine rings is 1. The highest BCUT2D eigenvalue weighted by Gasteiger charge is 2.35. The number of aromatic nitrogens is 1. The summed E-state index contributed by atoms with van der Waals surface area (Å²) >= 11 is 0. The molecule has 2 aromatic rings. The Morgan fingerprint density at radius 2 is 1.80 bits per heavy atom. The summed E-state index contributed by atoms with van der Waals surface area (Å²) in [6.45, 7) is 3.74. The first kappa shape index (κ1) is 20.9. The van der Waals surface area contributed by atoms with E-state index in [-0.39, 0.29) is 11.3 Å². The van der Waals surface area contributed by atoms with E-state index in [0.717, 1.165) is 42.9 Å². The average molecular weight is 421 g/mol. The van der Waals surface area contributed by atoms with Crippen molar-refractivity contribution in [2.45, 2.75) is 38.3 Å². The fourth-order valence-corrected chi connectivity index (χ4v) is 4.74. The molecule has 2 aliphatic heterocycles. The number of nitrogens with zero attached hydrogens (tertiary/aromatic N) is 3. The lowest BCUT2D eigenvalue weighted by Crippen LogP contribution is -2.47. The fourth-order valence-electron chi connectivity index (χ4n) is 4.74. The molecule has 2 atom stereocenters. The van der Waals surface area contributed by atoms with E-state index in [2.05, 4.69) is 15.7 Å². The zero-order valence-electron chi connectivity index (χ0n) is 17.2. The normalized spacial score (nSPS) is 21.5. The van der Waals surface area contributed by atoms with Gasteiger partial charge in [-0.1, -0.05) is 18.2 Å². The third-order valence-corrected chi connectivity index (χ3v) is 5.81. The first-order valence-electron chi connectivity index (χ1n) is 10.1. The quantitative estimate of drug-likeness (QED) is 0.742. The molecule has 2 aliphatic rings. The first-order chi connectivity index (χ1) is 14.2. The monoisotopic (exact) mass is 421 g/mol. The number of halogens is 3. The second kappa shape index (κ2) is 8.07.